The van der Waals surface area contributed by atoms with E-state index in [0.717, 1.165) is 17.8 Å². The highest BCUT2D eigenvalue weighted by atomic mass is 79.9. The molecule has 1 amide bonds. The van der Waals surface area contributed by atoms with E-state index >= 15 is 0 Å². The zero-order valence-electron chi connectivity index (χ0n) is 10.8. The third kappa shape index (κ3) is 4.06. The molecule has 0 fully saturated rings. The molecule has 5 nitrogen and oxygen atoms in total. The Balaban J connectivity index is 3.15. The van der Waals surface area contributed by atoms with Crippen LogP contribution in [-0.4, -0.2) is 11.0 Å². The van der Waals surface area contributed by atoms with E-state index in [2.05, 4.69) is 26.0 Å². The number of rotatable bonds is 4. The predicted molar refractivity (Wildman–Crippen MR) is 77.9 cm³/mol. The maximum Gasteiger partial charge on any atom is 0.252 e. The minimum absolute atomic E-state index is 0.0815. The van der Waals surface area contributed by atoms with Crippen LogP contribution in [0.4, 0.5) is 4.39 Å². The summed E-state index contributed by atoms with van der Waals surface area (Å²) in [5.74, 6) is -1.97. The number of hydrogen-bond donors (Lipinski definition) is 0. The number of nitrogens with zero attached hydrogens (tertiary/aromatic N) is 3. The number of thioether (sulfide) groups is 1. The quantitative estimate of drug-likeness (QED) is 0.338. The van der Waals surface area contributed by atoms with Crippen LogP contribution in [0.2, 0.25) is 0 Å². The lowest BCUT2D eigenvalue weighted by atomic mass is 10.1. The fourth-order valence-corrected chi connectivity index (χ4v) is 2.72. The number of carbonyl (C=O) groups is 2. The lowest BCUT2D eigenvalue weighted by molar-refractivity contribution is -0.114. The van der Waals surface area contributed by atoms with Gasteiger partial charge in [0.25, 0.3) is 5.91 Å². The molecule has 1 rings (SSSR count). The normalized spacial score (nSPS) is 11.6. The molecule has 0 spiro atoms. The minimum atomic E-state index is -1.02. The van der Waals surface area contributed by atoms with Crippen LogP contribution >= 0.6 is 27.7 Å². The topological polar surface area (TPSA) is 82.9 Å². The van der Waals surface area contributed by atoms with E-state index < -0.39 is 11.7 Å². The van der Waals surface area contributed by atoms with E-state index in [4.69, 9.17) is 5.53 Å². The van der Waals surface area contributed by atoms with Gasteiger partial charge >= 0.3 is 0 Å². The Morgan fingerprint density at radius 3 is 2.75 bits per heavy atom. The molecule has 106 valence electrons. The Morgan fingerprint density at radius 2 is 2.20 bits per heavy atom. The van der Waals surface area contributed by atoms with Crippen molar-refractivity contribution in [3.8, 4) is 0 Å². The van der Waals surface area contributed by atoms with Crippen LogP contribution in [0.3, 0.4) is 0 Å². The van der Waals surface area contributed by atoms with E-state index in [9.17, 15) is 14.0 Å². The van der Waals surface area contributed by atoms with Crippen molar-refractivity contribution in [2.45, 2.75) is 25.2 Å². The van der Waals surface area contributed by atoms with Crippen molar-refractivity contribution in [3.05, 3.63) is 38.4 Å². The van der Waals surface area contributed by atoms with Crippen LogP contribution in [0.25, 0.3) is 10.4 Å². The van der Waals surface area contributed by atoms with Gasteiger partial charge in [0.2, 0.25) is 0 Å². The Kier molecular flexibility index (Phi) is 6.19. The third-order valence-electron chi connectivity index (χ3n) is 2.61. The second-order valence-electron chi connectivity index (χ2n) is 3.99. The zero-order chi connectivity index (χ0) is 15.3. The maximum atomic E-state index is 13.6. The first kappa shape index (κ1) is 16.7. The summed E-state index contributed by atoms with van der Waals surface area (Å²) in [6, 6.07) is 2.29. The van der Waals surface area contributed by atoms with Gasteiger partial charge in [0.1, 0.15) is 5.82 Å². The molecule has 0 bridgehead atoms. The number of amides is 1. The number of benzene rings is 1. The van der Waals surface area contributed by atoms with Gasteiger partial charge in [-0.25, -0.2) is 4.39 Å². The summed E-state index contributed by atoms with van der Waals surface area (Å²) in [5.41, 5.74) is 7.85. The molecule has 0 aliphatic rings. The Bertz CT molecular complexity index is 603. The Labute approximate surface area is 127 Å². The first-order chi connectivity index (χ1) is 9.40. The predicted octanol–water partition coefficient (Wildman–Crippen LogP) is 4.70. The number of azide groups is 1. The van der Waals surface area contributed by atoms with Crippen LogP contribution < -0.4 is 0 Å². The maximum absolute atomic E-state index is 13.6. The second-order valence-corrected chi connectivity index (χ2v) is 5.89. The summed E-state index contributed by atoms with van der Waals surface area (Å²) in [6.07, 6.45) is 0.690. The van der Waals surface area contributed by atoms with E-state index in [1.807, 2.05) is 6.92 Å². The molecular formula is C12H11BrFN3O2S. The SMILES string of the molecule is CCC(C)C(=O)Sc1cc(C(=O)N=[N+]=[N-])c(F)cc1Br. The van der Waals surface area contributed by atoms with Gasteiger partial charge in [-0.2, -0.15) is 0 Å². The molecule has 1 unspecified atom stereocenters. The second kappa shape index (κ2) is 7.42. The summed E-state index contributed by atoms with van der Waals surface area (Å²) < 4.78 is 14.0. The molecule has 1 atom stereocenters. The third-order valence-corrected chi connectivity index (χ3v) is 4.69. The van der Waals surface area contributed by atoms with Crippen molar-refractivity contribution in [1.82, 2.24) is 0 Å². The summed E-state index contributed by atoms with van der Waals surface area (Å²) >= 11 is 4.06. The Morgan fingerprint density at radius 1 is 1.55 bits per heavy atom. The highest BCUT2D eigenvalue weighted by Crippen LogP contribution is 2.33. The lowest BCUT2D eigenvalue weighted by Crippen LogP contribution is -2.06. The van der Waals surface area contributed by atoms with Gasteiger partial charge in [0.05, 0.1) is 5.56 Å². The summed E-state index contributed by atoms with van der Waals surface area (Å²) in [7, 11) is 0. The van der Waals surface area contributed by atoms with Crippen LogP contribution in [0.1, 0.15) is 30.6 Å². The molecular weight excluding hydrogens is 349 g/mol. The molecule has 0 N–H and O–H groups in total. The molecule has 20 heavy (non-hydrogen) atoms. The fraction of sp³-hybridized carbons (Fsp3) is 0.333. The largest absolute Gasteiger partial charge is 0.287 e. The van der Waals surface area contributed by atoms with Gasteiger partial charge in [-0.1, -0.05) is 25.6 Å². The number of hydrogen-bond acceptors (Lipinski definition) is 3. The summed E-state index contributed by atoms with van der Waals surface area (Å²) in [5, 5.41) is 2.77. The lowest BCUT2D eigenvalue weighted by Gasteiger charge is -2.09. The van der Waals surface area contributed by atoms with Gasteiger partial charge in [-0.05, 0) is 45.1 Å². The van der Waals surface area contributed by atoms with Gasteiger partial charge < -0.3 is 0 Å². The van der Waals surface area contributed by atoms with Crippen molar-refractivity contribution >= 4 is 38.7 Å². The van der Waals surface area contributed by atoms with Crippen molar-refractivity contribution in [2.24, 2.45) is 11.0 Å². The van der Waals surface area contributed by atoms with Crippen LogP contribution in [-0.2, 0) is 4.79 Å². The molecule has 1 aromatic carbocycles. The molecule has 1 aromatic rings. The molecule has 0 aliphatic heterocycles. The van der Waals surface area contributed by atoms with Gasteiger partial charge in [-0.3, -0.25) is 9.59 Å². The van der Waals surface area contributed by atoms with Crippen LogP contribution in [0.15, 0.2) is 26.6 Å². The monoisotopic (exact) mass is 359 g/mol. The van der Waals surface area contributed by atoms with E-state index in [-0.39, 0.29) is 16.6 Å². The summed E-state index contributed by atoms with van der Waals surface area (Å²) in [4.78, 5) is 26.0. The first-order valence-electron chi connectivity index (χ1n) is 5.70. The highest BCUT2D eigenvalue weighted by Gasteiger charge is 2.18. The first-order valence-corrected chi connectivity index (χ1v) is 7.31. The van der Waals surface area contributed by atoms with Gasteiger partial charge in [0.15, 0.2) is 5.12 Å². The zero-order valence-corrected chi connectivity index (χ0v) is 13.2. The van der Waals surface area contributed by atoms with Crippen molar-refractivity contribution < 1.29 is 14.0 Å². The van der Waals surface area contributed by atoms with Gasteiger partial charge in [0, 0.05) is 20.2 Å². The van der Waals surface area contributed by atoms with Crippen LogP contribution in [0, 0.1) is 11.7 Å². The van der Waals surface area contributed by atoms with E-state index in [1.165, 1.54) is 6.07 Å². The summed E-state index contributed by atoms with van der Waals surface area (Å²) in [6.45, 7) is 3.68. The van der Waals surface area contributed by atoms with Crippen LogP contribution in [0.5, 0.6) is 0 Å². The fourth-order valence-electron chi connectivity index (χ4n) is 1.24. The molecule has 0 saturated carbocycles. The van der Waals surface area contributed by atoms with E-state index in [1.54, 1.807) is 6.92 Å². The number of halogens is 2. The van der Waals surface area contributed by atoms with E-state index in [0.29, 0.717) is 15.8 Å². The van der Waals surface area contributed by atoms with Crippen molar-refractivity contribution in [2.75, 3.05) is 0 Å². The average Bonchev–Trinajstić information content (AvgIpc) is 2.40. The molecule has 0 aliphatic carbocycles. The van der Waals surface area contributed by atoms with Gasteiger partial charge in [-0.15, -0.1) is 0 Å². The molecule has 0 heterocycles. The Hall–Kier alpha value is -1.37. The van der Waals surface area contributed by atoms with Crippen molar-refractivity contribution in [1.29, 1.82) is 0 Å². The standard InChI is InChI=1S/C12H11BrFN3O2S/c1-3-6(2)12(19)20-10-4-7(11(18)16-17-15)9(14)5-8(10)13/h4-6H,3H2,1-2H3. The molecule has 8 heteroatoms. The average molecular weight is 360 g/mol. The molecule has 0 radical (unpaired) electrons. The molecule has 0 saturated heterocycles. The number of carbonyl (C=O) groups excluding carboxylic acids is 2. The highest BCUT2D eigenvalue weighted by molar-refractivity contribution is 9.10. The van der Waals surface area contributed by atoms with Crippen molar-refractivity contribution in [3.63, 3.8) is 0 Å². The smallest absolute Gasteiger partial charge is 0.252 e. The molecule has 0 aromatic heterocycles. The minimum Gasteiger partial charge on any atom is -0.287 e.